The molecule has 1 saturated heterocycles. The van der Waals surface area contributed by atoms with E-state index in [0.29, 0.717) is 28.8 Å². The van der Waals surface area contributed by atoms with Crippen molar-refractivity contribution in [3.8, 4) is 17.2 Å². The number of carbonyl (C=O) groups is 2. The van der Waals surface area contributed by atoms with Crippen molar-refractivity contribution in [2.75, 3.05) is 33.9 Å². The Hall–Kier alpha value is -3.82. The molecule has 1 amide bonds. The Bertz CT molecular complexity index is 1710. The number of fused-ring (bicyclic) bond motifs is 2. The van der Waals surface area contributed by atoms with Crippen LogP contribution >= 0.6 is 0 Å². The summed E-state index contributed by atoms with van der Waals surface area (Å²) in [5.74, 6) is -0.980. The van der Waals surface area contributed by atoms with Crippen molar-refractivity contribution < 1.29 is 54.4 Å². The highest BCUT2D eigenvalue weighted by Crippen LogP contribution is 2.47. The molecule has 0 radical (unpaired) electrons. The summed E-state index contributed by atoms with van der Waals surface area (Å²) in [7, 11) is 3.25. The number of carbonyl (C=O) groups excluding carboxylic acids is 2. The minimum absolute atomic E-state index is 0.0216. The lowest BCUT2D eigenvalue weighted by Crippen LogP contribution is -2.69. The number of Topliss-reactive ketones (excluding diaryl/α,β-unsaturated/α-hetero) is 1. The van der Waals surface area contributed by atoms with Crippen molar-refractivity contribution in [3.05, 3.63) is 64.2 Å². The lowest BCUT2D eigenvalue weighted by Gasteiger charge is -2.46. The average Bonchev–Trinajstić information content (AvgIpc) is 3.73. The fourth-order valence-corrected chi connectivity index (χ4v) is 7.29. The van der Waals surface area contributed by atoms with Crippen molar-refractivity contribution in [1.29, 1.82) is 0 Å². The van der Waals surface area contributed by atoms with Crippen molar-refractivity contribution >= 4 is 22.5 Å². The number of methoxy groups -OCH3 is 1. The molecule has 3 aliphatic rings. The van der Waals surface area contributed by atoms with Crippen LogP contribution in [0.5, 0.6) is 17.2 Å². The minimum Gasteiger partial charge on any atom is -0.506 e. The van der Waals surface area contributed by atoms with Gasteiger partial charge in [0.2, 0.25) is 6.29 Å². The van der Waals surface area contributed by atoms with E-state index in [9.17, 15) is 40.2 Å². The topological polar surface area (TPSA) is 198 Å². The second kappa shape index (κ2) is 13.6. The Balaban J connectivity index is 1.43. The second-order valence-electron chi connectivity index (χ2n) is 12.8. The molecule has 1 aliphatic carbocycles. The molecule has 0 bridgehead atoms. The van der Waals surface area contributed by atoms with Gasteiger partial charge in [-0.15, -0.1) is 0 Å². The second-order valence-corrected chi connectivity index (χ2v) is 12.8. The molecule has 13 heteroatoms. The third kappa shape index (κ3) is 5.79. The molecule has 13 nitrogen and oxygen atoms in total. The number of rotatable bonds is 11. The predicted octanol–water partition coefficient (Wildman–Crippen LogP) is 1.31. The van der Waals surface area contributed by atoms with E-state index in [1.165, 1.54) is 18.1 Å². The number of ether oxygens (including phenoxy) is 3. The zero-order valence-corrected chi connectivity index (χ0v) is 26.9. The first-order valence-corrected chi connectivity index (χ1v) is 16.1. The standard InChI is InChI=1S/C35H42N2O11/c1-36-13-19-8-5-9-22-24(19)14-37(33(22)44)15-25(40)29-23(18-6-3-4-7-18)11-20-10-21(46-2)12-26(28(20)31(29)42)47-34-35(45,17-39)32(43)30(41)27(16-38)48-34/h5,8-12,18,27,30,32,34,36,38-39,41-43,45H,3-4,6-7,13-17H2,1-2H3/t27-,30-,32+,34+,35-/m1/s1. The summed E-state index contributed by atoms with van der Waals surface area (Å²) in [6.45, 7) is -1.29. The van der Waals surface area contributed by atoms with E-state index in [4.69, 9.17) is 14.2 Å². The van der Waals surface area contributed by atoms with Gasteiger partial charge in [-0.3, -0.25) is 9.59 Å². The van der Waals surface area contributed by atoms with Crippen LogP contribution < -0.4 is 14.8 Å². The molecular formula is C35H42N2O11. The molecule has 0 spiro atoms. The number of aromatic hydroxyl groups is 1. The monoisotopic (exact) mass is 666 g/mol. The summed E-state index contributed by atoms with van der Waals surface area (Å²) < 4.78 is 17.1. The van der Waals surface area contributed by atoms with Gasteiger partial charge in [-0.25, -0.2) is 0 Å². The van der Waals surface area contributed by atoms with Gasteiger partial charge in [0.25, 0.3) is 5.91 Å². The maximum atomic E-state index is 14.3. The first kappa shape index (κ1) is 34.1. The van der Waals surface area contributed by atoms with Crippen LogP contribution in [0, 0.1) is 0 Å². The highest BCUT2D eigenvalue weighted by molar-refractivity contribution is 6.11. The molecule has 2 heterocycles. The van der Waals surface area contributed by atoms with E-state index in [2.05, 4.69) is 5.32 Å². The molecule has 2 aliphatic heterocycles. The van der Waals surface area contributed by atoms with Gasteiger partial charge >= 0.3 is 0 Å². The molecule has 1 saturated carbocycles. The Morgan fingerprint density at radius 2 is 1.90 bits per heavy atom. The molecule has 3 aromatic carbocycles. The zero-order valence-electron chi connectivity index (χ0n) is 26.9. The van der Waals surface area contributed by atoms with Gasteiger partial charge in [-0.05, 0) is 66.1 Å². The van der Waals surface area contributed by atoms with Gasteiger partial charge in [0, 0.05) is 24.7 Å². The van der Waals surface area contributed by atoms with Crippen LogP contribution in [0.1, 0.15) is 69.0 Å². The summed E-state index contributed by atoms with van der Waals surface area (Å²) in [5.41, 5.74) is 0.507. The van der Waals surface area contributed by atoms with E-state index < -0.39 is 54.9 Å². The number of nitrogens with one attached hydrogen (secondary N) is 1. The molecule has 0 aromatic heterocycles. The molecule has 5 atom stereocenters. The molecule has 6 rings (SSSR count). The quantitative estimate of drug-likeness (QED) is 0.145. The smallest absolute Gasteiger partial charge is 0.254 e. The molecule has 2 fully saturated rings. The predicted molar refractivity (Wildman–Crippen MR) is 172 cm³/mol. The Labute approximate surface area is 277 Å². The highest BCUT2D eigenvalue weighted by atomic mass is 16.7. The maximum absolute atomic E-state index is 14.3. The van der Waals surface area contributed by atoms with Crippen molar-refractivity contribution in [1.82, 2.24) is 10.2 Å². The molecule has 7 N–H and O–H groups in total. The largest absolute Gasteiger partial charge is 0.506 e. The van der Waals surface area contributed by atoms with Crippen molar-refractivity contribution in [3.63, 3.8) is 0 Å². The van der Waals surface area contributed by atoms with Gasteiger partial charge in [-0.1, -0.05) is 25.0 Å². The number of hydrogen-bond donors (Lipinski definition) is 7. The molecule has 258 valence electrons. The van der Waals surface area contributed by atoms with Crippen LogP contribution in [0.2, 0.25) is 0 Å². The van der Waals surface area contributed by atoms with Crippen LogP contribution in [0.15, 0.2) is 36.4 Å². The fraction of sp³-hybridized carbons (Fsp3) is 0.486. The Morgan fingerprint density at radius 3 is 2.56 bits per heavy atom. The summed E-state index contributed by atoms with van der Waals surface area (Å²) >= 11 is 0. The lowest BCUT2D eigenvalue weighted by molar-refractivity contribution is -0.327. The van der Waals surface area contributed by atoms with E-state index in [0.717, 1.165) is 36.8 Å². The number of benzene rings is 3. The summed E-state index contributed by atoms with van der Waals surface area (Å²) in [6.07, 6.45) is -3.38. The van der Waals surface area contributed by atoms with E-state index in [-0.39, 0.29) is 41.6 Å². The number of aliphatic hydroxyl groups is 5. The number of nitrogens with zero attached hydrogens (tertiary/aromatic N) is 1. The molecule has 48 heavy (non-hydrogen) atoms. The third-order valence-corrected chi connectivity index (χ3v) is 9.92. The number of phenols is 1. The van der Waals surface area contributed by atoms with Gasteiger partial charge in [0.15, 0.2) is 11.4 Å². The molecule has 3 aromatic rings. The maximum Gasteiger partial charge on any atom is 0.254 e. The first-order chi connectivity index (χ1) is 23.1. The van der Waals surface area contributed by atoms with Gasteiger partial charge in [0.05, 0.1) is 37.8 Å². The van der Waals surface area contributed by atoms with Gasteiger partial charge in [-0.2, -0.15) is 0 Å². The fourth-order valence-electron chi connectivity index (χ4n) is 7.29. The number of phenolic OH excluding ortho intramolecular Hbond substituents is 1. The van der Waals surface area contributed by atoms with Gasteiger partial charge in [0.1, 0.15) is 35.6 Å². The SMILES string of the molecule is CNCc1cccc2c1CN(CC(=O)c1c(C3CCCC3)cc3cc(OC)cc(O[C@H]4O[C@H](CO)[C@@H](O)[C@H](O)[C@]4(O)CO)c3c1O)C2=O. The van der Waals surface area contributed by atoms with Crippen molar-refractivity contribution in [2.45, 2.75) is 74.9 Å². The summed E-state index contributed by atoms with van der Waals surface area (Å²) in [4.78, 5) is 29.2. The van der Waals surface area contributed by atoms with E-state index >= 15 is 0 Å². The summed E-state index contributed by atoms with van der Waals surface area (Å²) in [6, 6.07) is 10.3. The van der Waals surface area contributed by atoms with E-state index in [1.807, 2.05) is 19.2 Å². The van der Waals surface area contributed by atoms with Crippen LogP contribution in [0.25, 0.3) is 10.8 Å². The molecular weight excluding hydrogens is 624 g/mol. The average molecular weight is 667 g/mol. The normalized spacial score (nSPS) is 25.9. The van der Waals surface area contributed by atoms with Gasteiger partial charge < -0.3 is 55.1 Å². The van der Waals surface area contributed by atoms with Crippen molar-refractivity contribution in [2.24, 2.45) is 0 Å². The summed E-state index contributed by atoms with van der Waals surface area (Å²) in [5, 5.41) is 67.7. The van der Waals surface area contributed by atoms with Crippen LogP contribution in [0.4, 0.5) is 0 Å². The third-order valence-electron chi connectivity index (χ3n) is 9.92. The number of amides is 1. The number of ketones is 1. The lowest BCUT2D eigenvalue weighted by atomic mass is 9.86. The number of hydrogen-bond acceptors (Lipinski definition) is 12. The number of aliphatic hydroxyl groups excluding tert-OH is 4. The van der Waals surface area contributed by atoms with Crippen LogP contribution in [-0.2, 0) is 17.8 Å². The van der Waals surface area contributed by atoms with E-state index in [1.54, 1.807) is 18.2 Å². The Morgan fingerprint density at radius 1 is 1.15 bits per heavy atom. The van der Waals surface area contributed by atoms with Crippen LogP contribution in [-0.4, -0.2) is 111 Å². The minimum atomic E-state index is -2.53. The zero-order chi connectivity index (χ0) is 34.3. The van der Waals surface area contributed by atoms with Crippen LogP contribution in [0.3, 0.4) is 0 Å². The molecule has 0 unspecified atom stereocenters. The first-order valence-electron chi connectivity index (χ1n) is 16.1. The Kier molecular flexibility index (Phi) is 9.64. The highest BCUT2D eigenvalue weighted by Gasteiger charge is 2.56.